The number of allylic oxidation sites excluding steroid dienone is 28. The first-order valence-corrected chi connectivity index (χ1v) is 52.4. The smallest absolute Gasteiger partial charge is 0.463 e. The van der Waals surface area contributed by atoms with Crippen molar-refractivity contribution in [2.24, 2.45) is 0 Å². The summed E-state index contributed by atoms with van der Waals surface area (Å²) < 4.78 is 61.6. The van der Waals surface area contributed by atoms with E-state index in [1.54, 1.807) is 0 Å². The summed E-state index contributed by atoms with van der Waals surface area (Å²) in [6.45, 7) is 2.49. The number of phosphoric acid groups is 2. The van der Waals surface area contributed by atoms with Gasteiger partial charge in [0.2, 0.25) is 0 Å². The Bertz CT molecular complexity index is 2920. The molecule has 0 aliphatic heterocycles. The highest BCUT2D eigenvalue weighted by atomic mass is 31.2. The molecule has 0 saturated heterocycles. The second kappa shape index (κ2) is 96.0. The molecule has 0 aliphatic carbocycles. The van der Waals surface area contributed by atoms with Gasteiger partial charge >= 0.3 is 33.6 Å². The number of rotatable bonds is 93. The van der Waals surface area contributed by atoms with E-state index in [-0.39, 0.29) is 19.3 Å². The first-order chi connectivity index (χ1) is 60.2. The molecule has 5 unspecified atom stereocenters. The molecule has 0 aromatic carbocycles. The molecule has 0 rings (SSSR count). The Balaban J connectivity index is 4.59. The van der Waals surface area contributed by atoms with Gasteiger partial charge in [0.1, 0.15) is 25.4 Å². The second-order valence-corrected chi connectivity index (χ2v) is 35.7. The van der Waals surface area contributed by atoms with Crippen molar-refractivity contribution < 1.29 is 75.8 Å². The lowest BCUT2D eigenvalue weighted by Crippen LogP contribution is -2.30. The van der Waals surface area contributed by atoms with Crippen LogP contribution in [0.3, 0.4) is 0 Å². The van der Waals surface area contributed by atoms with Crippen LogP contribution in [-0.4, -0.2) is 95.9 Å². The lowest BCUT2D eigenvalue weighted by molar-refractivity contribution is -0.161. The molecule has 0 saturated carbocycles. The molecule has 0 spiro atoms. The van der Waals surface area contributed by atoms with E-state index in [2.05, 4.69) is 191 Å². The largest absolute Gasteiger partial charge is 0.472 e. The zero-order chi connectivity index (χ0) is 89.3. The highest BCUT2D eigenvalue weighted by Gasteiger charge is 2.30. The van der Waals surface area contributed by atoms with Crippen LogP contribution < -0.4 is 0 Å². The van der Waals surface area contributed by atoms with E-state index in [4.69, 9.17) is 32.3 Å². The van der Waals surface area contributed by atoms with Gasteiger partial charge in [-0.1, -0.05) is 416 Å². The third-order valence-electron chi connectivity index (χ3n) is 20.9. The monoisotopic (exact) mass is 1760 g/mol. The van der Waals surface area contributed by atoms with Crippen LogP contribution in [0.2, 0.25) is 0 Å². The Hall–Kier alpha value is -5.09. The number of esters is 3. The number of aliphatic hydroxyl groups is 2. The maximum atomic E-state index is 13.1. The highest BCUT2D eigenvalue weighted by molar-refractivity contribution is 7.47. The van der Waals surface area contributed by atoms with Crippen molar-refractivity contribution in [3.05, 3.63) is 170 Å². The molecule has 18 heteroatoms. The number of hydrogen-bond acceptors (Lipinski definition) is 14. The van der Waals surface area contributed by atoms with Crippen LogP contribution in [0.4, 0.5) is 0 Å². The van der Waals surface area contributed by atoms with Crippen molar-refractivity contribution in [2.45, 2.75) is 437 Å². The van der Waals surface area contributed by atoms with E-state index in [0.717, 1.165) is 167 Å². The average molecular weight is 1760 g/mol. The second-order valence-electron chi connectivity index (χ2n) is 32.8. The fraction of sp³-hybridized carbons (Fsp3) is 0.705. The Morgan fingerprint density at radius 1 is 0.236 bits per heavy atom. The number of unbranched alkanes of at least 4 members (excludes halogenated alkanes) is 42. The standard InChI is InChI=1S/C105H180O16P2/c1-4-7-10-13-16-19-22-25-28-31-34-37-40-43-45-47-48-49-50-52-54-56-58-61-64-67-70-73-76-79-82-85-88-91-103(108)115-94-100(106)95-117-122(111,112)118-96-101(107)97-119-123(113,114)120-99-102(121-105(110)93-90-87-84-81-78-75-72-69-66-63-60-55-42-39-36-33-30-27-24-21-18-15-12-9-6-3)98-116-104(109)92-89-86-83-80-77-74-71-68-65-62-59-57-53-51-46-44-41-38-35-32-29-26-23-20-17-14-11-8-5-2/h7-8,10-11,16-21,25-30,34-39,43-46,55,60,100-102,106-107H,4-6,9,12-15,22-24,31-33,40-42,47-54,56-59,61-99H2,1-3H3,(H,111,112)(H,113,114)/b10-7-,11-8-,19-16-,20-17-,21-18-,28-25-,29-26-,30-27-,37-34-,38-35-,39-36-,45-43-,46-44-,60-55-. The van der Waals surface area contributed by atoms with Crippen molar-refractivity contribution in [1.29, 1.82) is 0 Å². The summed E-state index contributed by atoms with van der Waals surface area (Å²) >= 11 is 0. The fourth-order valence-corrected chi connectivity index (χ4v) is 15.1. The summed E-state index contributed by atoms with van der Waals surface area (Å²) in [5.41, 5.74) is 0. The molecule has 16 nitrogen and oxygen atoms in total. The third-order valence-corrected chi connectivity index (χ3v) is 22.8. The summed E-state index contributed by atoms with van der Waals surface area (Å²) in [4.78, 5) is 59.2. The van der Waals surface area contributed by atoms with Crippen molar-refractivity contribution in [2.75, 3.05) is 39.6 Å². The van der Waals surface area contributed by atoms with E-state index in [1.165, 1.54) is 193 Å². The minimum absolute atomic E-state index is 0.0943. The van der Waals surface area contributed by atoms with E-state index >= 15 is 0 Å². The quantitative estimate of drug-likeness (QED) is 0.0146. The summed E-state index contributed by atoms with van der Waals surface area (Å²) in [7, 11) is -9.82. The normalized spacial score (nSPS) is 14.4. The van der Waals surface area contributed by atoms with Crippen LogP contribution in [0, 0.1) is 0 Å². The van der Waals surface area contributed by atoms with Crippen LogP contribution in [0.1, 0.15) is 419 Å². The van der Waals surface area contributed by atoms with Gasteiger partial charge < -0.3 is 34.2 Å². The Morgan fingerprint density at radius 3 is 0.683 bits per heavy atom. The van der Waals surface area contributed by atoms with Crippen molar-refractivity contribution in [3.8, 4) is 0 Å². The van der Waals surface area contributed by atoms with Crippen molar-refractivity contribution in [1.82, 2.24) is 0 Å². The highest BCUT2D eigenvalue weighted by Crippen LogP contribution is 2.45. The first kappa shape index (κ1) is 118. The SMILES string of the molecule is CC/C=C\C/C=C\C/C=C\C/C=C\C/C=C\CCCCCCCCCCCCCCCCCCCC(=O)OCC(O)COP(=O)(O)OCC(O)COP(=O)(O)OCC(COC(=O)CCCCCCCCCCCCCCC/C=C\C/C=C\C/C=C\C/C=C\C/C=C\CC)OC(=O)CCCCCCCCCCC/C=C\C/C=C\C/C=C\C/C=C\CCCCC. The van der Waals surface area contributed by atoms with E-state index in [9.17, 15) is 43.5 Å². The average Bonchev–Trinajstić information content (AvgIpc) is 0.892. The molecule has 4 N–H and O–H groups in total. The van der Waals surface area contributed by atoms with Gasteiger partial charge in [-0.05, 0) is 154 Å². The fourth-order valence-electron chi connectivity index (χ4n) is 13.5. The Morgan fingerprint density at radius 2 is 0.431 bits per heavy atom. The lowest BCUT2D eigenvalue weighted by atomic mass is 10.0. The maximum Gasteiger partial charge on any atom is 0.472 e. The van der Waals surface area contributed by atoms with Crippen molar-refractivity contribution >= 4 is 33.6 Å². The predicted molar refractivity (Wildman–Crippen MR) is 519 cm³/mol. The maximum absolute atomic E-state index is 13.1. The van der Waals surface area contributed by atoms with Crippen LogP contribution in [-0.2, 0) is 55.8 Å². The molecular weight excluding hydrogens is 1580 g/mol. The predicted octanol–water partition coefficient (Wildman–Crippen LogP) is 31.0. The summed E-state index contributed by atoms with van der Waals surface area (Å²) in [6, 6.07) is 0. The minimum atomic E-state index is -4.95. The first-order valence-electron chi connectivity index (χ1n) is 49.4. The molecule has 0 aromatic rings. The molecule has 0 fully saturated rings. The number of carbonyl (C=O) groups is 3. The Kier molecular flexibility index (Phi) is 92.0. The minimum Gasteiger partial charge on any atom is -0.463 e. The van der Waals surface area contributed by atoms with Gasteiger partial charge in [-0.25, -0.2) is 9.13 Å². The number of hydrogen-bond donors (Lipinski definition) is 4. The van der Waals surface area contributed by atoms with Gasteiger partial charge in [0.25, 0.3) is 0 Å². The zero-order valence-corrected chi connectivity index (χ0v) is 79.9. The number of carbonyl (C=O) groups excluding carboxylic acids is 3. The van der Waals surface area contributed by atoms with Gasteiger partial charge in [-0.15, -0.1) is 0 Å². The molecular formula is C105H180O16P2. The molecule has 0 aromatic heterocycles. The number of aliphatic hydroxyl groups excluding tert-OH is 2. The summed E-state index contributed by atoms with van der Waals surface area (Å²) in [5, 5.41) is 20.8. The van der Waals surface area contributed by atoms with E-state index < -0.39 is 91.5 Å². The van der Waals surface area contributed by atoms with Gasteiger partial charge in [0.15, 0.2) is 6.10 Å². The van der Waals surface area contributed by atoms with Gasteiger partial charge in [0.05, 0.1) is 26.4 Å². The van der Waals surface area contributed by atoms with Gasteiger partial charge in [-0.2, -0.15) is 0 Å². The molecule has 0 aliphatic rings. The number of ether oxygens (including phenoxy) is 3. The van der Waals surface area contributed by atoms with E-state index in [1.807, 2.05) is 0 Å². The van der Waals surface area contributed by atoms with Crippen LogP contribution in [0.25, 0.3) is 0 Å². The van der Waals surface area contributed by atoms with Crippen molar-refractivity contribution in [3.63, 3.8) is 0 Å². The lowest BCUT2D eigenvalue weighted by Gasteiger charge is -2.21. The molecule has 706 valence electrons. The Labute approximate surface area is 752 Å². The molecule has 0 radical (unpaired) electrons. The zero-order valence-electron chi connectivity index (χ0n) is 78.1. The van der Waals surface area contributed by atoms with Crippen LogP contribution in [0.15, 0.2) is 170 Å². The topological polar surface area (TPSA) is 231 Å². The van der Waals surface area contributed by atoms with Crippen LogP contribution >= 0.6 is 15.6 Å². The van der Waals surface area contributed by atoms with E-state index in [0.29, 0.717) is 19.3 Å². The summed E-state index contributed by atoms with van der Waals surface area (Å²) in [5.74, 6) is -1.57. The third kappa shape index (κ3) is 97.4. The molecule has 123 heavy (non-hydrogen) atoms. The molecule has 0 bridgehead atoms. The molecule has 0 amide bonds. The molecule has 0 heterocycles. The van der Waals surface area contributed by atoms with Crippen LogP contribution in [0.5, 0.6) is 0 Å². The van der Waals surface area contributed by atoms with Gasteiger partial charge in [0, 0.05) is 19.3 Å². The summed E-state index contributed by atoms with van der Waals surface area (Å²) in [6.07, 6.45) is 125. The number of phosphoric ester groups is 2. The molecule has 5 atom stereocenters. The van der Waals surface area contributed by atoms with Gasteiger partial charge in [-0.3, -0.25) is 32.5 Å².